The van der Waals surface area contributed by atoms with Crippen LogP contribution >= 0.6 is 15.9 Å². The summed E-state index contributed by atoms with van der Waals surface area (Å²) in [5.74, 6) is -2.56. The summed E-state index contributed by atoms with van der Waals surface area (Å²) in [5.41, 5.74) is 1.63. The number of benzene rings is 1. The number of ether oxygens (including phenoxy) is 1. The Labute approximate surface area is 130 Å². The number of carbonyl (C=O) groups is 2. The highest BCUT2D eigenvalue weighted by Gasteiger charge is 2.55. The first kappa shape index (κ1) is 14.5. The van der Waals surface area contributed by atoms with Crippen molar-refractivity contribution in [2.75, 3.05) is 5.32 Å². The molecule has 1 amide bonds. The molecule has 2 aliphatic heterocycles. The molecule has 5 nitrogen and oxygen atoms in total. The zero-order valence-electron chi connectivity index (χ0n) is 11.5. The van der Waals surface area contributed by atoms with Gasteiger partial charge in [0.05, 0.1) is 24.0 Å². The molecule has 2 saturated heterocycles. The van der Waals surface area contributed by atoms with E-state index < -0.39 is 17.8 Å². The van der Waals surface area contributed by atoms with E-state index in [1.54, 1.807) is 6.07 Å². The summed E-state index contributed by atoms with van der Waals surface area (Å²) in [7, 11) is 0. The molecule has 3 rings (SSSR count). The number of aliphatic carboxylic acids is 1. The van der Waals surface area contributed by atoms with E-state index in [1.807, 2.05) is 19.1 Å². The summed E-state index contributed by atoms with van der Waals surface area (Å²) in [5, 5.41) is 12.2. The SMILES string of the molecule is Cc1cc(Br)ccc1NC(=O)[C@H]1[C@@H](C(=O)O)[C@@H]2CC[C@@H]1O2. The average molecular weight is 354 g/mol. The third-order valence-corrected chi connectivity index (χ3v) is 4.80. The molecule has 2 N–H and O–H groups in total. The van der Waals surface area contributed by atoms with Crippen LogP contribution in [0.5, 0.6) is 0 Å². The lowest BCUT2D eigenvalue weighted by molar-refractivity contribution is -0.147. The number of amides is 1. The number of nitrogens with one attached hydrogen (secondary N) is 1. The Morgan fingerprint density at radius 2 is 1.95 bits per heavy atom. The van der Waals surface area contributed by atoms with Crippen LogP contribution in [-0.2, 0) is 14.3 Å². The molecule has 6 heteroatoms. The Hall–Kier alpha value is -1.40. The van der Waals surface area contributed by atoms with E-state index in [0.29, 0.717) is 5.69 Å². The van der Waals surface area contributed by atoms with Gasteiger partial charge in [0.25, 0.3) is 0 Å². The van der Waals surface area contributed by atoms with Crippen molar-refractivity contribution in [2.24, 2.45) is 11.8 Å². The van der Waals surface area contributed by atoms with Crippen LogP contribution in [0.25, 0.3) is 0 Å². The number of carbonyl (C=O) groups excluding carboxylic acids is 1. The lowest BCUT2D eigenvalue weighted by Crippen LogP contribution is -2.41. The summed E-state index contributed by atoms with van der Waals surface area (Å²) in [4.78, 5) is 23.9. The van der Waals surface area contributed by atoms with E-state index in [0.717, 1.165) is 22.9 Å². The molecule has 0 aromatic heterocycles. The minimum atomic E-state index is -0.949. The van der Waals surface area contributed by atoms with E-state index in [9.17, 15) is 14.7 Å². The van der Waals surface area contributed by atoms with Crippen molar-refractivity contribution in [1.82, 2.24) is 0 Å². The fraction of sp³-hybridized carbons (Fsp3) is 0.467. The molecule has 0 saturated carbocycles. The van der Waals surface area contributed by atoms with Crippen LogP contribution < -0.4 is 5.32 Å². The van der Waals surface area contributed by atoms with Gasteiger partial charge in [0.15, 0.2) is 0 Å². The Bertz CT molecular complexity index is 603. The molecule has 0 radical (unpaired) electrons. The van der Waals surface area contributed by atoms with Crippen molar-refractivity contribution in [2.45, 2.75) is 32.0 Å². The summed E-state index contributed by atoms with van der Waals surface area (Å²) >= 11 is 3.37. The van der Waals surface area contributed by atoms with Gasteiger partial charge in [-0.25, -0.2) is 0 Å². The van der Waals surface area contributed by atoms with E-state index in [1.165, 1.54) is 0 Å². The van der Waals surface area contributed by atoms with Gasteiger partial charge in [-0.2, -0.15) is 0 Å². The molecule has 0 spiro atoms. The fourth-order valence-corrected chi connectivity index (χ4v) is 3.78. The monoisotopic (exact) mass is 353 g/mol. The predicted octanol–water partition coefficient (Wildman–Crippen LogP) is 2.57. The minimum absolute atomic E-state index is 0.264. The largest absolute Gasteiger partial charge is 0.481 e. The second-order valence-corrected chi connectivity index (χ2v) is 6.54. The summed E-state index contributed by atoms with van der Waals surface area (Å²) in [6.07, 6.45) is 0.885. The zero-order chi connectivity index (χ0) is 15.1. The summed E-state index contributed by atoms with van der Waals surface area (Å²) in [6.45, 7) is 1.90. The second kappa shape index (κ2) is 5.42. The topological polar surface area (TPSA) is 75.6 Å². The van der Waals surface area contributed by atoms with Crippen LogP contribution in [0.4, 0.5) is 5.69 Å². The minimum Gasteiger partial charge on any atom is -0.481 e. The smallest absolute Gasteiger partial charge is 0.310 e. The Kier molecular flexibility index (Phi) is 3.75. The lowest BCUT2D eigenvalue weighted by Gasteiger charge is -2.24. The first-order valence-corrected chi connectivity index (χ1v) is 7.72. The highest BCUT2D eigenvalue weighted by Crippen LogP contribution is 2.44. The van der Waals surface area contributed by atoms with Crippen molar-refractivity contribution in [3.05, 3.63) is 28.2 Å². The Morgan fingerprint density at radius 3 is 2.57 bits per heavy atom. The van der Waals surface area contributed by atoms with E-state index >= 15 is 0 Å². The van der Waals surface area contributed by atoms with Gasteiger partial charge in [0.2, 0.25) is 5.91 Å². The molecular weight excluding hydrogens is 338 g/mol. The van der Waals surface area contributed by atoms with Gasteiger partial charge in [-0.1, -0.05) is 15.9 Å². The molecule has 1 aromatic carbocycles. The molecule has 0 unspecified atom stereocenters. The molecule has 112 valence electrons. The van der Waals surface area contributed by atoms with Gasteiger partial charge in [-0.15, -0.1) is 0 Å². The number of carboxylic acids is 1. The highest BCUT2D eigenvalue weighted by atomic mass is 79.9. The van der Waals surface area contributed by atoms with Crippen molar-refractivity contribution >= 4 is 33.5 Å². The third-order valence-electron chi connectivity index (χ3n) is 4.31. The first-order valence-electron chi connectivity index (χ1n) is 6.92. The predicted molar refractivity (Wildman–Crippen MR) is 80.0 cm³/mol. The van der Waals surface area contributed by atoms with Crippen LogP contribution in [0.15, 0.2) is 22.7 Å². The third kappa shape index (κ3) is 2.58. The first-order chi connectivity index (χ1) is 9.97. The van der Waals surface area contributed by atoms with E-state index in [2.05, 4.69) is 21.2 Å². The molecule has 2 fully saturated rings. The van der Waals surface area contributed by atoms with Crippen molar-refractivity contribution in [3.8, 4) is 0 Å². The standard InChI is InChI=1S/C15H16BrNO4/c1-7-6-8(16)2-3-9(7)17-14(18)12-10-4-5-11(21-10)13(12)15(19)20/h2-3,6,10-13H,4-5H2,1H3,(H,17,18)(H,19,20)/t10-,11-,12+,13-/m0/s1. The zero-order valence-corrected chi connectivity index (χ0v) is 13.1. The molecule has 1 aromatic rings. The normalized spacial score (nSPS) is 30.4. The van der Waals surface area contributed by atoms with Crippen molar-refractivity contribution in [3.63, 3.8) is 0 Å². The highest BCUT2D eigenvalue weighted by molar-refractivity contribution is 9.10. The van der Waals surface area contributed by atoms with E-state index in [4.69, 9.17) is 4.74 Å². The van der Waals surface area contributed by atoms with Gasteiger partial charge >= 0.3 is 5.97 Å². The Balaban J connectivity index is 1.80. The molecule has 21 heavy (non-hydrogen) atoms. The lowest BCUT2D eigenvalue weighted by atomic mass is 9.78. The molecule has 4 atom stereocenters. The average Bonchev–Trinajstić information content (AvgIpc) is 3.02. The number of hydrogen-bond acceptors (Lipinski definition) is 3. The molecular formula is C15H16BrNO4. The van der Waals surface area contributed by atoms with Gasteiger partial charge in [-0.3, -0.25) is 9.59 Å². The maximum absolute atomic E-state index is 12.5. The number of halogens is 1. The number of aryl methyl sites for hydroxylation is 1. The van der Waals surface area contributed by atoms with Crippen LogP contribution in [0.3, 0.4) is 0 Å². The molecule has 0 aliphatic carbocycles. The van der Waals surface area contributed by atoms with E-state index in [-0.39, 0.29) is 18.1 Å². The maximum atomic E-state index is 12.5. The van der Waals surface area contributed by atoms with Crippen LogP contribution in [-0.4, -0.2) is 29.2 Å². The maximum Gasteiger partial charge on any atom is 0.310 e. The van der Waals surface area contributed by atoms with Crippen LogP contribution in [0.1, 0.15) is 18.4 Å². The summed E-state index contributed by atoms with van der Waals surface area (Å²) in [6, 6.07) is 5.55. The van der Waals surface area contributed by atoms with Gasteiger partial charge in [0.1, 0.15) is 0 Å². The van der Waals surface area contributed by atoms with Gasteiger partial charge in [-0.05, 0) is 43.5 Å². The Morgan fingerprint density at radius 1 is 1.29 bits per heavy atom. The number of fused-ring (bicyclic) bond motifs is 2. The number of anilines is 1. The number of hydrogen-bond donors (Lipinski definition) is 2. The molecule has 2 heterocycles. The van der Waals surface area contributed by atoms with Crippen LogP contribution in [0, 0.1) is 18.8 Å². The van der Waals surface area contributed by atoms with Crippen molar-refractivity contribution in [1.29, 1.82) is 0 Å². The number of rotatable bonds is 3. The fourth-order valence-electron chi connectivity index (χ4n) is 3.31. The van der Waals surface area contributed by atoms with Gasteiger partial charge < -0.3 is 15.2 Å². The molecule has 2 aliphatic rings. The number of carboxylic acid groups (broad SMARTS) is 1. The molecule has 2 bridgehead atoms. The van der Waals surface area contributed by atoms with Gasteiger partial charge in [0, 0.05) is 10.2 Å². The summed E-state index contributed by atoms with van der Waals surface area (Å²) < 4.78 is 6.55. The van der Waals surface area contributed by atoms with Crippen molar-refractivity contribution < 1.29 is 19.4 Å². The van der Waals surface area contributed by atoms with Crippen LogP contribution in [0.2, 0.25) is 0 Å². The second-order valence-electron chi connectivity index (χ2n) is 5.63. The quantitative estimate of drug-likeness (QED) is 0.875.